The van der Waals surface area contributed by atoms with Crippen molar-refractivity contribution in [2.75, 3.05) is 6.54 Å². The number of nitrogens with two attached hydrogens (primary N) is 1. The maximum atomic E-state index is 12.8. The molecular weight excluding hydrogens is 393 g/mol. The van der Waals surface area contributed by atoms with Crippen molar-refractivity contribution >= 4 is 17.4 Å². The van der Waals surface area contributed by atoms with Crippen LogP contribution in [0, 0.1) is 6.92 Å². The molecule has 3 rings (SSSR count). The summed E-state index contributed by atoms with van der Waals surface area (Å²) < 4.78 is 44.1. The molecule has 2 heterocycles. The first-order valence-electron chi connectivity index (χ1n) is 8.43. The SMILES string of the molecule is Cc1ccc(Oc2ccc(CC[NH2+]c3ncnc(C(F)(F)F)c3Cl)cc2)nc1. The number of rotatable bonds is 6. The molecule has 0 saturated heterocycles. The number of nitrogens with zero attached hydrogens (tertiary/aromatic N) is 3. The third-order valence-corrected chi connectivity index (χ3v) is 4.26. The van der Waals surface area contributed by atoms with Gasteiger partial charge in [-0.1, -0.05) is 29.8 Å². The molecule has 0 spiro atoms. The predicted molar refractivity (Wildman–Crippen MR) is 97.7 cm³/mol. The summed E-state index contributed by atoms with van der Waals surface area (Å²) in [6.45, 7) is 2.43. The summed E-state index contributed by atoms with van der Waals surface area (Å²) in [7, 11) is 0. The summed E-state index contributed by atoms with van der Waals surface area (Å²) in [5.41, 5.74) is 0.924. The van der Waals surface area contributed by atoms with E-state index in [9.17, 15) is 13.2 Å². The van der Waals surface area contributed by atoms with Gasteiger partial charge in [0.1, 0.15) is 12.1 Å². The first-order valence-corrected chi connectivity index (χ1v) is 8.81. The highest BCUT2D eigenvalue weighted by atomic mass is 35.5. The van der Waals surface area contributed by atoms with E-state index < -0.39 is 16.9 Å². The Morgan fingerprint density at radius 3 is 2.43 bits per heavy atom. The topological polar surface area (TPSA) is 64.5 Å². The molecule has 0 aliphatic carbocycles. The second-order valence-electron chi connectivity index (χ2n) is 6.08. The lowest BCUT2D eigenvalue weighted by molar-refractivity contribution is -0.574. The normalized spacial score (nSPS) is 11.5. The molecule has 0 radical (unpaired) electrons. The number of aryl methyl sites for hydroxylation is 1. The molecule has 0 aliphatic rings. The van der Waals surface area contributed by atoms with Gasteiger partial charge >= 0.3 is 6.18 Å². The number of hydrogen-bond acceptors (Lipinski definition) is 4. The highest BCUT2D eigenvalue weighted by molar-refractivity contribution is 6.33. The smallest absolute Gasteiger partial charge is 0.435 e. The van der Waals surface area contributed by atoms with Gasteiger partial charge in [-0.15, -0.1) is 0 Å². The quantitative estimate of drug-likeness (QED) is 0.666. The summed E-state index contributed by atoms with van der Waals surface area (Å²) in [5, 5.41) is 1.09. The van der Waals surface area contributed by atoms with Crippen molar-refractivity contribution in [3.8, 4) is 11.6 Å². The van der Waals surface area contributed by atoms with Crippen LogP contribution in [0.5, 0.6) is 11.6 Å². The summed E-state index contributed by atoms with van der Waals surface area (Å²) in [4.78, 5) is 11.2. The fraction of sp³-hybridized carbons (Fsp3) is 0.211. The van der Waals surface area contributed by atoms with Crippen LogP contribution in [-0.2, 0) is 12.6 Å². The minimum atomic E-state index is -4.61. The number of hydrogen-bond donors (Lipinski definition) is 1. The summed E-state index contributed by atoms with van der Waals surface area (Å²) in [6, 6.07) is 11.1. The van der Waals surface area contributed by atoms with E-state index in [0.29, 0.717) is 24.6 Å². The van der Waals surface area contributed by atoms with Gasteiger partial charge in [0.25, 0.3) is 0 Å². The van der Waals surface area contributed by atoms with Crippen LogP contribution in [0.2, 0.25) is 5.02 Å². The lowest BCUT2D eigenvalue weighted by atomic mass is 10.1. The lowest BCUT2D eigenvalue weighted by Gasteiger charge is -2.09. The average Bonchev–Trinajstić information content (AvgIpc) is 2.65. The van der Waals surface area contributed by atoms with Gasteiger partial charge in [-0.25, -0.2) is 9.97 Å². The Bertz CT molecular complexity index is 931. The van der Waals surface area contributed by atoms with E-state index in [4.69, 9.17) is 16.3 Å². The Kier molecular flexibility index (Phi) is 6.11. The first kappa shape index (κ1) is 20.0. The Morgan fingerprint density at radius 2 is 1.79 bits per heavy atom. The van der Waals surface area contributed by atoms with E-state index in [1.165, 1.54) is 0 Å². The molecule has 0 fully saturated rings. The van der Waals surface area contributed by atoms with Crippen LogP contribution in [0.1, 0.15) is 16.8 Å². The molecule has 0 atom stereocenters. The van der Waals surface area contributed by atoms with E-state index in [0.717, 1.165) is 17.5 Å². The lowest BCUT2D eigenvalue weighted by Crippen LogP contribution is -2.79. The van der Waals surface area contributed by atoms with E-state index in [1.807, 2.05) is 37.3 Å². The van der Waals surface area contributed by atoms with Gasteiger partial charge in [-0.3, -0.25) is 5.32 Å². The molecule has 0 amide bonds. The van der Waals surface area contributed by atoms with Gasteiger partial charge in [-0.2, -0.15) is 18.2 Å². The number of halogens is 4. The zero-order valence-corrected chi connectivity index (χ0v) is 15.6. The highest BCUT2D eigenvalue weighted by Gasteiger charge is 2.37. The molecule has 28 heavy (non-hydrogen) atoms. The van der Waals surface area contributed by atoms with Crippen molar-refractivity contribution in [3.63, 3.8) is 0 Å². The largest absolute Gasteiger partial charge is 0.439 e. The van der Waals surface area contributed by atoms with Crippen molar-refractivity contribution in [2.45, 2.75) is 19.5 Å². The highest BCUT2D eigenvalue weighted by Crippen LogP contribution is 2.34. The molecule has 3 aromatic rings. The minimum Gasteiger partial charge on any atom is -0.439 e. The van der Waals surface area contributed by atoms with Crippen LogP contribution in [0.4, 0.5) is 19.0 Å². The third-order valence-electron chi connectivity index (χ3n) is 3.89. The molecule has 0 saturated carbocycles. The Labute approximate surface area is 164 Å². The van der Waals surface area contributed by atoms with Crippen molar-refractivity contribution < 1.29 is 23.2 Å². The van der Waals surface area contributed by atoms with Gasteiger partial charge in [-0.05, 0) is 30.2 Å². The molecule has 0 bridgehead atoms. The van der Waals surface area contributed by atoms with Crippen LogP contribution in [0.3, 0.4) is 0 Å². The van der Waals surface area contributed by atoms with Gasteiger partial charge < -0.3 is 4.74 Å². The van der Waals surface area contributed by atoms with E-state index >= 15 is 0 Å². The van der Waals surface area contributed by atoms with E-state index in [1.54, 1.807) is 17.6 Å². The Morgan fingerprint density at radius 1 is 1.04 bits per heavy atom. The van der Waals surface area contributed by atoms with Crippen LogP contribution >= 0.6 is 11.6 Å². The number of ether oxygens (including phenoxy) is 1. The number of pyridine rings is 1. The molecular formula is C19H17ClF3N4O+. The van der Waals surface area contributed by atoms with Gasteiger partial charge in [0.15, 0.2) is 10.7 Å². The molecule has 2 N–H and O–H groups in total. The fourth-order valence-corrected chi connectivity index (χ4v) is 2.74. The monoisotopic (exact) mass is 409 g/mol. The van der Waals surface area contributed by atoms with Gasteiger partial charge in [0.2, 0.25) is 11.7 Å². The zero-order valence-electron chi connectivity index (χ0n) is 14.9. The molecule has 0 aliphatic heterocycles. The Balaban J connectivity index is 1.56. The van der Waals surface area contributed by atoms with Crippen molar-refractivity contribution in [2.24, 2.45) is 0 Å². The zero-order chi connectivity index (χ0) is 20.1. The number of benzene rings is 1. The number of aromatic nitrogens is 3. The first-order chi connectivity index (χ1) is 13.3. The minimum absolute atomic E-state index is 0.0781. The number of alkyl halides is 3. The van der Waals surface area contributed by atoms with Crippen molar-refractivity contribution in [3.05, 3.63) is 70.8 Å². The number of quaternary nitrogens is 1. The van der Waals surface area contributed by atoms with Gasteiger partial charge in [0, 0.05) is 18.7 Å². The standard InChI is InChI=1S/C19H16ClF3N4O/c1-12-2-7-15(25-10-12)28-14-5-3-13(4-6-14)8-9-24-18-16(20)17(19(21,22)23)26-11-27-18/h2-7,10-11H,8-9H2,1H3,(H,24,26,27)/p+1. The van der Waals surface area contributed by atoms with Crippen molar-refractivity contribution in [1.29, 1.82) is 0 Å². The van der Waals surface area contributed by atoms with Crippen LogP contribution in [0.15, 0.2) is 48.9 Å². The Hall–Kier alpha value is -2.71. The summed E-state index contributed by atoms with van der Waals surface area (Å²) in [5.74, 6) is 1.23. The molecule has 9 heteroatoms. The fourth-order valence-electron chi connectivity index (χ4n) is 2.46. The van der Waals surface area contributed by atoms with E-state index in [2.05, 4.69) is 15.0 Å². The van der Waals surface area contributed by atoms with Crippen LogP contribution in [0.25, 0.3) is 0 Å². The van der Waals surface area contributed by atoms with E-state index in [-0.39, 0.29) is 5.82 Å². The third kappa shape index (κ3) is 5.17. The molecule has 1 aromatic carbocycles. The second kappa shape index (κ2) is 8.53. The summed E-state index contributed by atoms with van der Waals surface area (Å²) in [6.07, 6.45) is -1.40. The maximum Gasteiger partial charge on any atom is 0.435 e. The van der Waals surface area contributed by atoms with Crippen LogP contribution < -0.4 is 10.1 Å². The van der Waals surface area contributed by atoms with Crippen molar-refractivity contribution in [1.82, 2.24) is 15.0 Å². The average molecular weight is 410 g/mol. The second-order valence-corrected chi connectivity index (χ2v) is 6.46. The molecule has 146 valence electrons. The predicted octanol–water partition coefficient (Wildman–Crippen LogP) is 4.08. The molecule has 0 unspecified atom stereocenters. The van der Waals surface area contributed by atoms with Gasteiger partial charge in [0.05, 0.1) is 6.54 Å². The summed E-state index contributed by atoms with van der Waals surface area (Å²) >= 11 is 5.78. The maximum absolute atomic E-state index is 12.8. The molecule has 2 aromatic heterocycles. The molecule has 5 nitrogen and oxygen atoms in total. The van der Waals surface area contributed by atoms with Crippen LogP contribution in [-0.4, -0.2) is 21.5 Å².